The number of aliphatic hydroxyl groups is 1. The fourth-order valence-electron chi connectivity index (χ4n) is 1.09. The average molecular weight is 312 g/mol. The first kappa shape index (κ1) is 14.0. The molecule has 0 spiro atoms. The van der Waals surface area contributed by atoms with Crippen molar-refractivity contribution in [2.75, 3.05) is 6.54 Å². The van der Waals surface area contributed by atoms with E-state index in [2.05, 4.69) is 15.9 Å². The highest BCUT2D eigenvalue weighted by Crippen LogP contribution is 2.17. The zero-order valence-electron chi connectivity index (χ0n) is 8.46. The van der Waals surface area contributed by atoms with Crippen LogP contribution in [0.4, 0.5) is 13.2 Å². The summed E-state index contributed by atoms with van der Waals surface area (Å²) in [5, 5.41) is 11.1. The maximum Gasteiger partial charge on any atom is 0.471 e. The van der Waals surface area contributed by atoms with Gasteiger partial charge >= 0.3 is 12.1 Å². The number of hydrogen-bond donors (Lipinski definition) is 2. The molecule has 0 aliphatic carbocycles. The number of carbonyl (C=O) groups excluding carboxylic acids is 1. The molecule has 0 aromatic heterocycles. The third-order valence-electron chi connectivity index (χ3n) is 1.97. The predicted octanol–water partition coefficient (Wildman–Crippen LogP) is 2.16. The lowest BCUT2D eigenvalue weighted by Crippen LogP contribution is -2.38. The third kappa shape index (κ3) is 4.35. The van der Waals surface area contributed by atoms with Crippen LogP contribution in [0.25, 0.3) is 0 Å². The molecule has 0 bridgehead atoms. The Balaban J connectivity index is 2.53. The van der Waals surface area contributed by atoms with Crippen LogP contribution in [0.3, 0.4) is 0 Å². The zero-order chi connectivity index (χ0) is 13.1. The molecule has 0 saturated carbocycles. The number of carbonyl (C=O) groups is 1. The van der Waals surface area contributed by atoms with Gasteiger partial charge in [-0.05, 0) is 17.7 Å². The lowest BCUT2D eigenvalue weighted by Gasteiger charge is -2.13. The van der Waals surface area contributed by atoms with Crippen molar-refractivity contribution in [1.82, 2.24) is 5.32 Å². The number of nitrogens with one attached hydrogen (secondary N) is 1. The smallest absolute Gasteiger partial charge is 0.387 e. The van der Waals surface area contributed by atoms with Crippen molar-refractivity contribution in [2.45, 2.75) is 12.3 Å². The molecule has 1 aromatic carbocycles. The van der Waals surface area contributed by atoms with Gasteiger partial charge in [0.05, 0.1) is 6.10 Å². The molecule has 0 radical (unpaired) electrons. The van der Waals surface area contributed by atoms with Crippen molar-refractivity contribution < 1.29 is 23.1 Å². The van der Waals surface area contributed by atoms with Gasteiger partial charge in [-0.25, -0.2) is 0 Å². The van der Waals surface area contributed by atoms with E-state index in [0.29, 0.717) is 5.56 Å². The van der Waals surface area contributed by atoms with Gasteiger partial charge < -0.3 is 10.4 Å². The molecule has 1 atom stereocenters. The largest absolute Gasteiger partial charge is 0.471 e. The van der Waals surface area contributed by atoms with Crippen LogP contribution in [0.1, 0.15) is 11.7 Å². The van der Waals surface area contributed by atoms with Gasteiger partial charge in [-0.2, -0.15) is 13.2 Å². The quantitative estimate of drug-likeness (QED) is 0.898. The van der Waals surface area contributed by atoms with Gasteiger partial charge in [0, 0.05) is 11.0 Å². The predicted molar refractivity (Wildman–Crippen MR) is 58.2 cm³/mol. The molecule has 1 aromatic rings. The number of rotatable bonds is 3. The second-order valence-corrected chi connectivity index (χ2v) is 4.19. The lowest BCUT2D eigenvalue weighted by molar-refractivity contribution is -0.174. The fraction of sp³-hybridized carbons (Fsp3) is 0.300. The molecular weight excluding hydrogens is 303 g/mol. The van der Waals surface area contributed by atoms with E-state index in [-0.39, 0.29) is 0 Å². The van der Waals surface area contributed by atoms with Gasteiger partial charge in [-0.1, -0.05) is 28.1 Å². The summed E-state index contributed by atoms with van der Waals surface area (Å²) in [5.74, 6) is -2.06. The molecule has 1 amide bonds. The monoisotopic (exact) mass is 311 g/mol. The van der Waals surface area contributed by atoms with Crippen LogP contribution in [0, 0.1) is 0 Å². The van der Waals surface area contributed by atoms with E-state index >= 15 is 0 Å². The van der Waals surface area contributed by atoms with Crippen molar-refractivity contribution in [3.8, 4) is 0 Å². The van der Waals surface area contributed by atoms with E-state index in [4.69, 9.17) is 0 Å². The highest BCUT2D eigenvalue weighted by molar-refractivity contribution is 9.10. The van der Waals surface area contributed by atoms with Gasteiger partial charge in [-0.15, -0.1) is 0 Å². The molecule has 0 fully saturated rings. The first-order valence-electron chi connectivity index (χ1n) is 4.59. The molecule has 0 saturated heterocycles. The van der Waals surface area contributed by atoms with Gasteiger partial charge in [0.1, 0.15) is 0 Å². The fourth-order valence-corrected chi connectivity index (χ4v) is 1.36. The first-order chi connectivity index (χ1) is 7.80. The SMILES string of the molecule is O=C(NCC(O)c1ccc(Br)cc1)C(F)(F)F. The Morgan fingerprint density at radius 2 is 1.88 bits per heavy atom. The molecule has 0 aliphatic rings. The van der Waals surface area contributed by atoms with Crippen molar-refractivity contribution >= 4 is 21.8 Å². The molecule has 1 rings (SSSR count). The summed E-state index contributed by atoms with van der Waals surface area (Å²) in [4.78, 5) is 10.5. The summed E-state index contributed by atoms with van der Waals surface area (Å²) in [7, 11) is 0. The van der Waals surface area contributed by atoms with E-state index in [0.717, 1.165) is 4.47 Å². The highest BCUT2D eigenvalue weighted by Gasteiger charge is 2.38. The molecule has 0 aliphatic heterocycles. The number of amides is 1. The average Bonchev–Trinajstić information content (AvgIpc) is 2.25. The molecule has 7 heteroatoms. The number of halogens is 4. The van der Waals surface area contributed by atoms with Crippen LogP contribution < -0.4 is 5.32 Å². The minimum absolute atomic E-state index is 0.427. The van der Waals surface area contributed by atoms with Crippen LogP contribution in [0.15, 0.2) is 28.7 Å². The Bertz CT molecular complexity index is 392. The van der Waals surface area contributed by atoms with Gasteiger partial charge in [-0.3, -0.25) is 4.79 Å². The normalized spacial score (nSPS) is 13.2. The number of aliphatic hydroxyl groups excluding tert-OH is 1. The van der Waals surface area contributed by atoms with E-state index in [1.165, 1.54) is 0 Å². The Hall–Kier alpha value is -1.08. The van der Waals surface area contributed by atoms with Gasteiger partial charge in [0.15, 0.2) is 0 Å². The summed E-state index contributed by atoms with van der Waals surface area (Å²) >= 11 is 3.18. The van der Waals surface area contributed by atoms with Crippen LogP contribution in [0.2, 0.25) is 0 Å². The van der Waals surface area contributed by atoms with Crippen LogP contribution in [-0.2, 0) is 4.79 Å². The maximum atomic E-state index is 11.9. The lowest BCUT2D eigenvalue weighted by atomic mass is 10.1. The van der Waals surface area contributed by atoms with Gasteiger partial charge in [0.2, 0.25) is 0 Å². The molecule has 2 N–H and O–H groups in total. The summed E-state index contributed by atoms with van der Waals surface area (Å²) < 4.78 is 36.4. The summed E-state index contributed by atoms with van der Waals surface area (Å²) in [6, 6.07) is 6.39. The minimum Gasteiger partial charge on any atom is -0.387 e. The molecule has 0 heterocycles. The maximum absolute atomic E-state index is 11.9. The van der Waals surface area contributed by atoms with E-state index in [9.17, 15) is 23.1 Å². The summed E-state index contributed by atoms with van der Waals surface area (Å²) in [6.45, 7) is -0.486. The molecular formula is C10H9BrF3NO2. The van der Waals surface area contributed by atoms with Crippen LogP contribution in [0.5, 0.6) is 0 Å². The second-order valence-electron chi connectivity index (χ2n) is 3.28. The number of alkyl halides is 3. The Labute approximate surface area is 104 Å². The van der Waals surface area contributed by atoms with Crippen molar-refractivity contribution in [2.24, 2.45) is 0 Å². The number of benzene rings is 1. The Morgan fingerprint density at radius 1 is 1.35 bits per heavy atom. The second kappa shape index (κ2) is 5.50. The molecule has 3 nitrogen and oxygen atoms in total. The van der Waals surface area contributed by atoms with Crippen LogP contribution >= 0.6 is 15.9 Å². The standard InChI is InChI=1S/C10H9BrF3NO2/c11-7-3-1-6(2-4-7)8(16)5-15-9(17)10(12,13)14/h1-4,8,16H,5H2,(H,15,17). The summed E-state index contributed by atoms with van der Waals surface area (Å²) in [5.41, 5.74) is 0.427. The Morgan fingerprint density at radius 3 is 2.35 bits per heavy atom. The minimum atomic E-state index is -4.93. The van der Waals surface area contributed by atoms with E-state index in [1.54, 1.807) is 29.6 Å². The van der Waals surface area contributed by atoms with Crippen molar-refractivity contribution in [3.63, 3.8) is 0 Å². The topological polar surface area (TPSA) is 49.3 Å². The highest BCUT2D eigenvalue weighted by atomic mass is 79.9. The Kier molecular flexibility index (Phi) is 4.53. The van der Waals surface area contributed by atoms with E-state index < -0.39 is 24.7 Å². The van der Waals surface area contributed by atoms with Crippen LogP contribution in [-0.4, -0.2) is 23.7 Å². The third-order valence-corrected chi connectivity index (χ3v) is 2.50. The van der Waals surface area contributed by atoms with Crippen molar-refractivity contribution in [3.05, 3.63) is 34.3 Å². The number of hydrogen-bond acceptors (Lipinski definition) is 2. The van der Waals surface area contributed by atoms with E-state index in [1.807, 2.05) is 0 Å². The molecule has 17 heavy (non-hydrogen) atoms. The zero-order valence-corrected chi connectivity index (χ0v) is 10.0. The molecule has 94 valence electrons. The first-order valence-corrected chi connectivity index (χ1v) is 5.38. The van der Waals surface area contributed by atoms with Gasteiger partial charge in [0.25, 0.3) is 0 Å². The van der Waals surface area contributed by atoms with Crippen molar-refractivity contribution in [1.29, 1.82) is 0 Å². The molecule has 1 unspecified atom stereocenters. The summed E-state index contributed by atoms with van der Waals surface area (Å²) in [6.07, 6.45) is -6.10.